The third kappa shape index (κ3) is 4.59. The van der Waals surface area contributed by atoms with Gasteiger partial charge in [0.1, 0.15) is 42.4 Å². The fourth-order valence-corrected chi connectivity index (χ4v) is 3.68. The lowest BCUT2D eigenvalue weighted by Crippen LogP contribution is -2.59. The minimum absolute atomic E-state index is 0.197. The molecule has 170 valence electrons. The van der Waals surface area contributed by atoms with Crippen LogP contribution in [-0.4, -0.2) is 62.7 Å². The Kier molecular flexibility index (Phi) is 6.70. The van der Waals surface area contributed by atoms with Gasteiger partial charge >= 0.3 is 6.18 Å². The Morgan fingerprint density at radius 1 is 0.968 bits per heavy atom. The summed E-state index contributed by atoms with van der Waals surface area (Å²) < 4.78 is 57.5. The van der Waals surface area contributed by atoms with Crippen LogP contribution in [0.5, 0.6) is 0 Å². The molecule has 2 aromatic carbocycles. The van der Waals surface area contributed by atoms with Crippen molar-refractivity contribution in [3.05, 3.63) is 58.9 Å². The van der Waals surface area contributed by atoms with Crippen LogP contribution in [0, 0.1) is 12.7 Å². The summed E-state index contributed by atoms with van der Waals surface area (Å²) >= 11 is 0. The maximum atomic E-state index is 13.9. The second kappa shape index (κ2) is 8.81. The van der Waals surface area contributed by atoms with Gasteiger partial charge in [0.15, 0.2) is 0 Å². The third-order valence-corrected chi connectivity index (χ3v) is 5.44. The Bertz CT molecular complexity index is 933. The number of aryl methyl sites for hydroxylation is 1. The van der Waals surface area contributed by atoms with Crippen molar-refractivity contribution in [1.29, 1.82) is 0 Å². The van der Waals surface area contributed by atoms with Crippen LogP contribution in [0.1, 0.15) is 22.8 Å². The molecule has 1 aliphatic rings. The highest BCUT2D eigenvalue weighted by Crippen LogP contribution is 2.36. The van der Waals surface area contributed by atoms with Gasteiger partial charge in [0.2, 0.25) is 0 Å². The summed E-state index contributed by atoms with van der Waals surface area (Å²) in [7, 11) is 0. The highest BCUT2D eigenvalue weighted by Gasteiger charge is 2.46. The summed E-state index contributed by atoms with van der Waals surface area (Å²) in [6, 6.07) is 6.96. The summed E-state index contributed by atoms with van der Waals surface area (Å²) in [6.45, 7) is 0.943. The van der Waals surface area contributed by atoms with Gasteiger partial charge in [0.25, 0.3) is 0 Å². The normalized spacial score (nSPS) is 27.9. The van der Waals surface area contributed by atoms with E-state index in [0.717, 1.165) is 12.1 Å². The molecular formula is C21H22F4O6. The van der Waals surface area contributed by atoms with E-state index in [-0.39, 0.29) is 11.1 Å². The largest absolute Gasteiger partial charge is 0.419 e. The number of aliphatic hydroxyl groups is 5. The molecule has 0 aliphatic carbocycles. The monoisotopic (exact) mass is 446 g/mol. The topological polar surface area (TPSA) is 110 Å². The highest BCUT2D eigenvalue weighted by atomic mass is 19.4. The number of benzene rings is 2. The minimum atomic E-state index is -4.81. The van der Waals surface area contributed by atoms with Crippen LogP contribution in [0.15, 0.2) is 36.4 Å². The standard InChI is InChI=1S/C21H22F4O6/c1-9-6-10(11-3-5-13(14(22)7-11)21(23,24)25)2-4-12(9)16(27)20-19(30)18(29)17(28)15(8-26)31-20/h2-7,15-20,26-30H,8H2,1H3/t15?,16-,17-,18+,19?,20-/m1/s1. The molecule has 0 spiro atoms. The van der Waals surface area contributed by atoms with Gasteiger partial charge in [-0.15, -0.1) is 0 Å². The van der Waals surface area contributed by atoms with Crippen LogP contribution in [-0.2, 0) is 10.9 Å². The molecule has 0 radical (unpaired) electrons. The van der Waals surface area contributed by atoms with Crippen LogP contribution < -0.4 is 0 Å². The summed E-state index contributed by atoms with van der Waals surface area (Å²) in [5, 5.41) is 49.9. The van der Waals surface area contributed by atoms with Crippen LogP contribution >= 0.6 is 0 Å². The van der Waals surface area contributed by atoms with Crippen molar-refractivity contribution >= 4 is 0 Å². The molecule has 1 heterocycles. The van der Waals surface area contributed by atoms with Crippen molar-refractivity contribution in [2.75, 3.05) is 6.61 Å². The fourth-order valence-electron chi connectivity index (χ4n) is 3.68. The molecule has 2 unspecified atom stereocenters. The van der Waals surface area contributed by atoms with E-state index >= 15 is 0 Å². The van der Waals surface area contributed by atoms with Crippen molar-refractivity contribution in [3.8, 4) is 11.1 Å². The third-order valence-electron chi connectivity index (χ3n) is 5.44. The van der Waals surface area contributed by atoms with Gasteiger partial charge in [0, 0.05) is 0 Å². The summed E-state index contributed by atoms with van der Waals surface area (Å²) in [5.74, 6) is -1.41. The molecule has 10 heteroatoms. The predicted octanol–water partition coefficient (Wildman–Crippen LogP) is 1.70. The molecule has 31 heavy (non-hydrogen) atoms. The van der Waals surface area contributed by atoms with Crippen LogP contribution in [0.25, 0.3) is 11.1 Å². The minimum Gasteiger partial charge on any atom is -0.394 e. The van der Waals surface area contributed by atoms with Crippen LogP contribution in [0.2, 0.25) is 0 Å². The number of aliphatic hydroxyl groups excluding tert-OH is 5. The van der Waals surface area contributed by atoms with Gasteiger partial charge in [-0.3, -0.25) is 0 Å². The van der Waals surface area contributed by atoms with Crippen molar-refractivity contribution in [2.45, 2.75) is 49.7 Å². The number of rotatable bonds is 4. The van der Waals surface area contributed by atoms with Gasteiger partial charge in [-0.05, 0) is 41.3 Å². The van der Waals surface area contributed by atoms with E-state index in [1.807, 2.05) is 0 Å². The molecule has 5 N–H and O–H groups in total. The molecule has 0 aromatic heterocycles. The molecule has 0 saturated carbocycles. The van der Waals surface area contributed by atoms with E-state index in [1.54, 1.807) is 6.92 Å². The first-order valence-corrected chi connectivity index (χ1v) is 9.42. The molecule has 6 atom stereocenters. The Morgan fingerprint density at radius 2 is 1.58 bits per heavy atom. The summed E-state index contributed by atoms with van der Waals surface area (Å²) in [6.07, 6.45) is -13.7. The van der Waals surface area contributed by atoms with Crippen molar-refractivity contribution in [1.82, 2.24) is 0 Å². The first-order chi connectivity index (χ1) is 14.5. The van der Waals surface area contributed by atoms with Gasteiger partial charge in [-0.2, -0.15) is 13.2 Å². The first kappa shape index (κ1) is 23.6. The zero-order valence-corrected chi connectivity index (χ0v) is 16.3. The van der Waals surface area contributed by atoms with E-state index in [1.165, 1.54) is 18.2 Å². The lowest BCUT2D eigenvalue weighted by Gasteiger charge is -2.42. The molecular weight excluding hydrogens is 424 g/mol. The predicted molar refractivity (Wildman–Crippen MR) is 100 cm³/mol. The van der Waals surface area contributed by atoms with E-state index in [4.69, 9.17) is 4.74 Å². The average Bonchev–Trinajstić information content (AvgIpc) is 2.70. The average molecular weight is 446 g/mol. The molecule has 0 bridgehead atoms. The second-order valence-electron chi connectivity index (χ2n) is 7.50. The highest BCUT2D eigenvalue weighted by molar-refractivity contribution is 5.65. The van der Waals surface area contributed by atoms with Crippen LogP contribution in [0.3, 0.4) is 0 Å². The van der Waals surface area contributed by atoms with Gasteiger partial charge < -0.3 is 30.3 Å². The maximum absolute atomic E-state index is 13.9. The summed E-state index contributed by atoms with van der Waals surface area (Å²) in [4.78, 5) is 0. The molecule has 6 nitrogen and oxygen atoms in total. The zero-order valence-electron chi connectivity index (χ0n) is 16.3. The Labute approximate surface area is 175 Å². The lowest BCUT2D eigenvalue weighted by atomic mass is 9.88. The summed E-state index contributed by atoms with van der Waals surface area (Å²) in [5.41, 5.74) is -0.0391. The van der Waals surface area contributed by atoms with Gasteiger partial charge in [-0.1, -0.05) is 24.3 Å². The van der Waals surface area contributed by atoms with E-state index in [0.29, 0.717) is 17.2 Å². The number of halogens is 4. The molecule has 3 rings (SSSR count). The molecule has 0 amide bonds. The lowest BCUT2D eigenvalue weighted by molar-refractivity contribution is -0.250. The zero-order chi connectivity index (χ0) is 23.1. The van der Waals surface area contributed by atoms with Crippen molar-refractivity contribution in [2.24, 2.45) is 0 Å². The fraction of sp³-hybridized carbons (Fsp3) is 0.429. The number of alkyl halides is 3. The maximum Gasteiger partial charge on any atom is 0.419 e. The van der Waals surface area contributed by atoms with Gasteiger partial charge in [-0.25, -0.2) is 4.39 Å². The smallest absolute Gasteiger partial charge is 0.394 e. The Balaban J connectivity index is 1.88. The molecule has 2 aromatic rings. The van der Waals surface area contributed by atoms with Crippen LogP contribution in [0.4, 0.5) is 17.6 Å². The first-order valence-electron chi connectivity index (χ1n) is 9.42. The Morgan fingerprint density at radius 3 is 2.13 bits per heavy atom. The Hall–Kier alpha value is -2.08. The van der Waals surface area contributed by atoms with E-state index in [9.17, 15) is 43.1 Å². The molecule has 1 fully saturated rings. The quantitative estimate of drug-likeness (QED) is 0.458. The van der Waals surface area contributed by atoms with E-state index < -0.39 is 60.8 Å². The number of hydrogen-bond donors (Lipinski definition) is 5. The van der Waals surface area contributed by atoms with Crippen molar-refractivity contribution < 1.29 is 47.8 Å². The molecule has 1 saturated heterocycles. The SMILES string of the molecule is Cc1cc(-c2ccc(C(F)(F)F)c(F)c2)ccc1[C@@H](O)[C@H]1OC(CO)[C@@H](O)[C@H](O)C1O. The van der Waals surface area contributed by atoms with Crippen molar-refractivity contribution in [3.63, 3.8) is 0 Å². The molecule has 1 aliphatic heterocycles. The number of hydrogen-bond acceptors (Lipinski definition) is 6. The van der Waals surface area contributed by atoms with E-state index in [2.05, 4.69) is 0 Å². The number of ether oxygens (including phenoxy) is 1. The van der Waals surface area contributed by atoms with Gasteiger partial charge in [0.05, 0.1) is 12.2 Å². The second-order valence-corrected chi connectivity index (χ2v) is 7.50.